The van der Waals surface area contributed by atoms with E-state index in [-0.39, 0.29) is 28.9 Å². The molecule has 0 atom stereocenters. The zero-order valence-electron chi connectivity index (χ0n) is 13.9. The predicted octanol–water partition coefficient (Wildman–Crippen LogP) is 1.63. The SMILES string of the molecule is Cc1cnc2c(Cl)c(C(=O)N3CCCn4nc(C(=O)O)cc4C3)nn2c1. The molecule has 0 fully saturated rings. The van der Waals surface area contributed by atoms with Gasteiger partial charge in [0.15, 0.2) is 17.0 Å². The number of hydrogen-bond acceptors (Lipinski definition) is 5. The normalized spacial score (nSPS) is 14.3. The summed E-state index contributed by atoms with van der Waals surface area (Å²) in [6, 6.07) is 1.49. The lowest BCUT2D eigenvalue weighted by Crippen LogP contribution is -2.31. The number of aryl methyl sites for hydroxylation is 2. The summed E-state index contributed by atoms with van der Waals surface area (Å²) in [6.45, 7) is 3.17. The molecule has 1 amide bonds. The third-order valence-electron chi connectivity index (χ3n) is 4.27. The lowest BCUT2D eigenvalue weighted by atomic mass is 10.3. The molecule has 3 aromatic rings. The highest BCUT2D eigenvalue weighted by Crippen LogP contribution is 2.23. The van der Waals surface area contributed by atoms with Gasteiger partial charge in [0.25, 0.3) is 5.91 Å². The summed E-state index contributed by atoms with van der Waals surface area (Å²) >= 11 is 6.32. The van der Waals surface area contributed by atoms with Crippen molar-refractivity contribution in [1.29, 1.82) is 0 Å². The van der Waals surface area contributed by atoms with Crippen LogP contribution in [0.25, 0.3) is 5.65 Å². The smallest absolute Gasteiger partial charge is 0.356 e. The highest BCUT2D eigenvalue weighted by molar-refractivity contribution is 6.36. The second kappa shape index (κ2) is 6.10. The number of carbonyl (C=O) groups excluding carboxylic acids is 1. The molecular weight excluding hydrogens is 360 g/mol. The Labute approximate surface area is 152 Å². The molecule has 10 heteroatoms. The van der Waals surface area contributed by atoms with Gasteiger partial charge >= 0.3 is 5.97 Å². The summed E-state index contributed by atoms with van der Waals surface area (Å²) in [5.41, 5.74) is 2.10. The summed E-state index contributed by atoms with van der Waals surface area (Å²) in [5, 5.41) is 17.7. The number of carbonyl (C=O) groups is 2. The standard InChI is InChI=1S/C16H15ClN6O3/c1-9-6-18-14-12(17)13(20-23(14)7-9)15(24)21-3-2-4-22-10(8-21)5-11(19-22)16(25)26/h5-7H,2-4,8H2,1H3,(H,25,26). The molecule has 9 nitrogen and oxygen atoms in total. The zero-order valence-corrected chi connectivity index (χ0v) is 14.6. The minimum atomic E-state index is -1.09. The zero-order chi connectivity index (χ0) is 18.4. The summed E-state index contributed by atoms with van der Waals surface area (Å²) in [4.78, 5) is 29.9. The van der Waals surface area contributed by atoms with E-state index in [9.17, 15) is 9.59 Å². The molecule has 0 unspecified atom stereocenters. The van der Waals surface area contributed by atoms with Crippen molar-refractivity contribution >= 4 is 29.1 Å². The number of nitrogens with zero attached hydrogens (tertiary/aromatic N) is 6. The maximum atomic E-state index is 13.0. The van der Waals surface area contributed by atoms with Crippen LogP contribution in [-0.2, 0) is 13.1 Å². The van der Waals surface area contributed by atoms with Gasteiger partial charge in [-0.3, -0.25) is 9.48 Å². The van der Waals surface area contributed by atoms with Crippen LogP contribution in [0, 0.1) is 6.92 Å². The molecule has 0 aromatic carbocycles. The molecular formula is C16H15ClN6O3. The van der Waals surface area contributed by atoms with E-state index in [1.165, 1.54) is 10.6 Å². The molecule has 1 aliphatic rings. The van der Waals surface area contributed by atoms with Crippen LogP contribution in [0.4, 0.5) is 0 Å². The number of rotatable bonds is 2. The predicted molar refractivity (Wildman–Crippen MR) is 91.3 cm³/mol. The second-order valence-electron chi connectivity index (χ2n) is 6.19. The molecule has 0 radical (unpaired) electrons. The van der Waals surface area contributed by atoms with Crippen LogP contribution in [-0.4, -0.2) is 52.8 Å². The Morgan fingerprint density at radius 2 is 2.08 bits per heavy atom. The van der Waals surface area contributed by atoms with Crippen LogP contribution in [0.15, 0.2) is 18.5 Å². The van der Waals surface area contributed by atoms with Crippen LogP contribution >= 0.6 is 11.6 Å². The average Bonchev–Trinajstić information content (AvgIpc) is 3.08. The van der Waals surface area contributed by atoms with Gasteiger partial charge in [-0.1, -0.05) is 11.6 Å². The lowest BCUT2D eigenvalue weighted by molar-refractivity contribution is 0.0689. The summed E-state index contributed by atoms with van der Waals surface area (Å²) < 4.78 is 3.13. The number of aromatic carboxylic acids is 1. The molecule has 0 spiro atoms. The largest absolute Gasteiger partial charge is 0.476 e. The number of hydrogen-bond donors (Lipinski definition) is 1. The fourth-order valence-electron chi connectivity index (χ4n) is 3.03. The van der Waals surface area contributed by atoms with E-state index in [0.29, 0.717) is 30.9 Å². The molecule has 0 saturated carbocycles. The van der Waals surface area contributed by atoms with Crippen molar-refractivity contribution in [1.82, 2.24) is 29.3 Å². The first kappa shape index (κ1) is 16.5. The van der Waals surface area contributed by atoms with E-state index in [1.807, 2.05) is 6.92 Å². The van der Waals surface area contributed by atoms with Crippen LogP contribution in [0.3, 0.4) is 0 Å². The molecule has 4 heterocycles. The number of carboxylic acid groups (broad SMARTS) is 1. The van der Waals surface area contributed by atoms with Crippen molar-refractivity contribution in [2.75, 3.05) is 6.54 Å². The fraction of sp³-hybridized carbons (Fsp3) is 0.312. The van der Waals surface area contributed by atoms with Crippen molar-refractivity contribution in [2.24, 2.45) is 0 Å². The number of halogens is 1. The van der Waals surface area contributed by atoms with Crippen LogP contribution in [0.1, 0.15) is 38.7 Å². The van der Waals surface area contributed by atoms with E-state index >= 15 is 0 Å². The molecule has 4 rings (SSSR count). The molecule has 1 aliphatic heterocycles. The van der Waals surface area contributed by atoms with Crippen molar-refractivity contribution in [3.8, 4) is 0 Å². The molecule has 134 valence electrons. The Bertz CT molecular complexity index is 1040. The Morgan fingerprint density at radius 3 is 2.85 bits per heavy atom. The van der Waals surface area contributed by atoms with Crippen LogP contribution in [0.2, 0.25) is 5.02 Å². The summed E-state index contributed by atoms with van der Waals surface area (Å²) in [7, 11) is 0. The third-order valence-corrected chi connectivity index (χ3v) is 4.62. The Balaban J connectivity index is 1.67. The maximum Gasteiger partial charge on any atom is 0.356 e. The Hall–Kier alpha value is -2.94. The number of carboxylic acids is 1. The number of aromatic nitrogens is 5. The second-order valence-corrected chi connectivity index (χ2v) is 6.57. The first-order valence-corrected chi connectivity index (χ1v) is 8.41. The van der Waals surface area contributed by atoms with Gasteiger partial charge < -0.3 is 10.0 Å². The minimum absolute atomic E-state index is 0.0280. The highest BCUT2D eigenvalue weighted by atomic mass is 35.5. The highest BCUT2D eigenvalue weighted by Gasteiger charge is 2.27. The van der Waals surface area contributed by atoms with Gasteiger partial charge in [0.05, 0.1) is 12.2 Å². The first-order chi connectivity index (χ1) is 12.4. The van der Waals surface area contributed by atoms with Crippen LogP contribution < -0.4 is 0 Å². The topological polar surface area (TPSA) is 106 Å². The van der Waals surface area contributed by atoms with E-state index < -0.39 is 5.97 Å². The number of fused-ring (bicyclic) bond motifs is 2. The van der Waals surface area contributed by atoms with Crippen LogP contribution in [0.5, 0.6) is 0 Å². The van der Waals surface area contributed by atoms with E-state index in [0.717, 1.165) is 5.56 Å². The minimum Gasteiger partial charge on any atom is -0.476 e. The van der Waals surface area contributed by atoms with E-state index in [2.05, 4.69) is 15.2 Å². The Morgan fingerprint density at radius 1 is 1.27 bits per heavy atom. The van der Waals surface area contributed by atoms with Gasteiger partial charge in [0.1, 0.15) is 5.02 Å². The summed E-state index contributed by atoms with van der Waals surface area (Å²) in [5.74, 6) is -1.40. The number of amides is 1. The molecule has 26 heavy (non-hydrogen) atoms. The molecule has 0 aliphatic carbocycles. The molecule has 1 N–H and O–H groups in total. The van der Waals surface area contributed by atoms with Gasteiger partial charge in [-0.25, -0.2) is 14.3 Å². The van der Waals surface area contributed by atoms with E-state index in [1.54, 1.807) is 22.0 Å². The third kappa shape index (κ3) is 2.70. The van der Waals surface area contributed by atoms with E-state index in [4.69, 9.17) is 16.7 Å². The van der Waals surface area contributed by atoms with Crippen molar-refractivity contribution in [3.05, 3.63) is 46.1 Å². The van der Waals surface area contributed by atoms with Gasteiger partial charge in [-0.2, -0.15) is 10.2 Å². The quantitative estimate of drug-likeness (QED) is 0.730. The van der Waals surface area contributed by atoms with Crippen molar-refractivity contribution in [3.63, 3.8) is 0 Å². The van der Waals surface area contributed by atoms with Gasteiger partial charge in [-0.05, 0) is 25.0 Å². The van der Waals surface area contributed by atoms with Crippen molar-refractivity contribution in [2.45, 2.75) is 26.4 Å². The van der Waals surface area contributed by atoms with Gasteiger partial charge in [-0.15, -0.1) is 0 Å². The van der Waals surface area contributed by atoms with Gasteiger partial charge in [0, 0.05) is 25.5 Å². The monoisotopic (exact) mass is 374 g/mol. The molecule has 3 aromatic heterocycles. The lowest BCUT2D eigenvalue weighted by Gasteiger charge is -2.18. The molecule has 0 saturated heterocycles. The molecule has 0 bridgehead atoms. The fourth-order valence-corrected chi connectivity index (χ4v) is 3.28. The first-order valence-electron chi connectivity index (χ1n) is 8.04. The average molecular weight is 375 g/mol. The van der Waals surface area contributed by atoms with Gasteiger partial charge in [0.2, 0.25) is 0 Å². The maximum absolute atomic E-state index is 13.0. The van der Waals surface area contributed by atoms with Crippen molar-refractivity contribution < 1.29 is 14.7 Å². The Kier molecular flexibility index (Phi) is 3.87. The summed E-state index contributed by atoms with van der Waals surface area (Å²) in [6.07, 6.45) is 4.07.